The molecule has 0 fully saturated rings. The van der Waals surface area contributed by atoms with Gasteiger partial charge in [-0.05, 0) is 58.2 Å². The van der Waals surface area contributed by atoms with Gasteiger partial charge in [0, 0.05) is 22.9 Å². The maximum Gasteiger partial charge on any atom is 0.263 e. The van der Waals surface area contributed by atoms with Crippen LogP contribution < -0.4 is 10.0 Å². The van der Waals surface area contributed by atoms with Gasteiger partial charge < -0.3 is 5.32 Å². The second-order valence-electron chi connectivity index (χ2n) is 4.46. The van der Waals surface area contributed by atoms with Crippen molar-refractivity contribution in [1.82, 2.24) is 4.98 Å². The highest BCUT2D eigenvalue weighted by molar-refractivity contribution is 9.10. The molecule has 1 aromatic heterocycles. The van der Waals surface area contributed by atoms with Gasteiger partial charge in [-0.1, -0.05) is 0 Å². The minimum atomic E-state index is -3.60. The Kier molecular flexibility index (Phi) is 3.39. The summed E-state index contributed by atoms with van der Waals surface area (Å²) in [4.78, 5) is 4.27. The topological polar surface area (TPSA) is 71.1 Å². The van der Waals surface area contributed by atoms with Crippen LogP contribution in [0.2, 0.25) is 0 Å². The Morgan fingerprint density at radius 1 is 1.25 bits per heavy atom. The van der Waals surface area contributed by atoms with Gasteiger partial charge in [0.25, 0.3) is 10.0 Å². The highest BCUT2D eigenvalue weighted by atomic mass is 79.9. The second kappa shape index (κ2) is 5.06. The predicted octanol–water partition coefficient (Wildman–Crippen LogP) is 2.61. The molecular formula is C13H12BrN3O2S. The van der Waals surface area contributed by atoms with Gasteiger partial charge in [-0.2, -0.15) is 0 Å². The molecule has 20 heavy (non-hydrogen) atoms. The summed E-state index contributed by atoms with van der Waals surface area (Å²) in [5.74, 6) is 0.298. The Balaban J connectivity index is 1.90. The average molecular weight is 354 g/mol. The molecule has 0 spiro atoms. The Morgan fingerprint density at radius 3 is 2.85 bits per heavy atom. The fourth-order valence-corrected chi connectivity index (χ4v) is 3.37. The molecule has 2 aromatic rings. The standard InChI is InChI=1S/C13H12BrN3O2S/c14-10-1-4-13(16-8-10)17-20(18,19)11-2-3-12-9(7-11)5-6-15-12/h1-4,7-8,15H,5-6H2,(H,16,17). The molecule has 0 unspecified atom stereocenters. The van der Waals surface area contributed by atoms with Gasteiger partial charge in [-0.15, -0.1) is 0 Å². The van der Waals surface area contributed by atoms with Crippen LogP contribution in [0.15, 0.2) is 45.9 Å². The van der Waals surface area contributed by atoms with E-state index in [9.17, 15) is 8.42 Å². The minimum Gasteiger partial charge on any atom is -0.384 e. The lowest BCUT2D eigenvalue weighted by molar-refractivity contribution is 0.601. The van der Waals surface area contributed by atoms with Crippen molar-refractivity contribution in [3.63, 3.8) is 0 Å². The van der Waals surface area contributed by atoms with Crippen molar-refractivity contribution in [2.45, 2.75) is 11.3 Å². The third-order valence-electron chi connectivity index (χ3n) is 3.06. The summed E-state index contributed by atoms with van der Waals surface area (Å²) in [7, 11) is -3.60. The van der Waals surface area contributed by atoms with E-state index in [0.29, 0.717) is 5.82 Å². The summed E-state index contributed by atoms with van der Waals surface area (Å²) in [5, 5.41) is 3.20. The summed E-state index contributed by atoms with van der Waals surface area (Å²) < 4.78 is 27.9. The Morgan fingerprint density at radius 2 is 2.10 bits per heavy atom. The number of fused-ring (bicyclic) bond motifs is 1. The zero-order chi connectivity index (χ0) is 14.2. The quantitative estimate of drug-likeness (QED) is 0.889. The van der Waals surface area contributed by atoms with Crippen molar-refractivity contribution < 1.29 is 8.42 Å². The number of nitrogens with zero attached hydrogens (tertiary/aromatic N) is 1. The Bertz CT molecular complexity index is 745. The van der Waals surface area contributed by atoms with Crippen LogP contribution in [0, 0.1) is 0 Å². The van der Waals surface area contributed by atoms with Gasteiger partial charge in [0.2, 0.25) is 0 Å². The van der Waals surface area contributed by atoms with Gasteiger partial charge in [-0.3, -0.25) is 4.72 Å². The zero-order valence-electron chi connectivity index (χ0n) is 10.4. The van der Waals surface area contributed by atoms with E-state index in [1.54, 1.807) is 36.5 Å². The SMILES string of the molecule is O=S(=O)(Nc1ccc(Br)cn1)c1ccc2c(c1)CCN2. The van der Waals surface area contributed by atoms with Crippen LogP contribution in [-0.2, 0) is 16.4 Å². The molecule has 0 radical (unpaired) electrons. The number of pyridine rings is 1. The van der Waals surface area contributed by atoms with Crippen molar-refractivity contribution in [3.05, 3.63) is 46.6 Å². The summed E-state index contributed by atoms with van der Waals surface area (Å²) in [5.41, 5.74) is 2.03. The summed E-state index contributed by atoms with van der Waals surface area (Å²) >= 11 is 3.26. The van der Waals surface area contributed by atoms with Crippen LogP contribution >= 0.6 is 15.9 Å². The number of sulfonamides is 1. The second-order valence-corrected chi connectivity index (χ2v) is 7.06. The molecule has 2 heterocycles. The first kappa shape index (κ1) is 13.4. The van der Waals surface area contributed by atoms with Gasteiger partial charge in [0.05, 0.1) is 4.90 Å². The first-order chi connectivity index (χ1) is 9.54. The van der Waals surface area contributed by atoms with Crippen LogP contribution in [0.5, 0.6) is 0 Å². The van der Waals surface area contributed by atoms with Crippen molar-refractivity contribution in [2.75, 3.05) is 16.6 Å². The molecule has 2 N–H and O–H groups in total. The minimum absolute atomic E-state index is 0.254. The Labute approximate surface area is 125 Å². The van der Waals surface area contributed by atoms with E-state index in [1.165, 1.54) is 0 Å². The van der Waals surface area contributed by atoms with E-state index in [1.807, 2.05) is 0 Å². The van der Waals surface area contributed by atoms with Crippen molar-refractivity contribution in [1.29, 1.82) is 0 Å². The number of rotatable bonds is 3. The van der Waals surface area contributed by atoms with Crippen molar-refractivity contribution in [2.24, 2.45) is 0 Å². The number of anilines is 2. The van der Waals surface area contributed by atoms with Crippen molar-refractivity contribution in [3.8, 4) is 0 Å². The monoisotopic (exact) mass is 353 g/mol. The van der Waals surface area contributed by atoms with Crippen LogP contribution in [0.3, 0.4) is 0 Å². The zero-order valence-corrected chi connectivity index (χ0v) is 12.8. The molecule has 0 bridgehead atoms. The fourth-order valence-electron chi connectivity index (χ4n) is 2.08. The highest BCUT2D eigenvalue weighted by Gasteiger charge is 2.18. The molecule has 0 saturated carbocycles. The number of hydrogen-bond donors (Lipinski definition) is 2. The molecule has 5 nitrogen and oxygen atoms in total. The van der Waals surface area contributed by atoms with E-state index < -0.39 is 10.0 Å². The van der Waals surface area contributed by atoms with E-state index in [0.717, 1.165) is 28.7 Å². The van der Waals surface area contributed by atoms with Gasteiger partial charge in [0.15, 0.2) is 0 Å². The first-order valence-corrected chi connectivity index (χ1v) is 8.33. The third kappa shape index (κ3) is 2.64. The third-order valence-corrected chi connectivity index (χ3v) is 4.88. The Hall–Kier alpha value is -1.60. The molecule has 7 heteroatoms. The van der Waals surface area contributed by atoms with E-state index in [4.69, 9.17) is 0 Å². The molecule has 0 aliphatic carbocycles. The largest absolute Gasteiger partial charge is 0.384 e. The molecule has 0 saturated heterocycles. The molecule has 3 rings (SSSR count). The molecular weight excluding hydrogens is 342 g/mol. The van der Waals surface area contributed by atoms with Crippen LogP contribution in [0.25, 0.3) is 0 Å². The maximum absolute atomic E-state index is 12.3. The maximum atomic E-state index is 12.3. The highest BCUT2D eigenvalue weighted by Crippen LogP contribution is 2.26. The summed E-state index contributed by atoms with van der Waals surface area (Å²) in [6.07, 6.45) is 2.39. The lowest BCUT2D eigenvalue weighted by atomic mass is 10.2. The molecule has 104 valence electrons. The average Bonchev–Trinajstić information content (AvgIpc) is 2.88. The lowest BCUT2D eigenvalue weighted by Gasteiger charge is -2.08. The number of benzene rings is 1. The summed E-state index contributed by atoms with van der Waals surface area (Å²) in [6.45, 7) is 0.848. The molecule has 0 atom stereocenters. The van der Waals surface area contributed by atoms with Gasteiger partial charge in [-0.25, -0.2) is 13.4 Å². The first-order valence-electron chi connectivity index (χ1n) is 6.06. The number of nitrogens with one attached hydrogen (secondary N) is 2. The normalized spacial score (nSPS) is 13.7. The van der Waals surface area contributed by atoms with Crippen LogP contribution in [-0.4, -0.2) is 19.9 Å². The molecule has 1 aliphatic rings. The van der Waals surface area contributed by atoms with E-state index >= 15 is 0 Å². The smallest absolute Gasteiger partial charge is 0.263 e. The van der Waals surface area contributed by atoms with E-state index in [2.05, 4.69) is 31.0 Å². The molecule has 0 amide bonds. The number of halogens is 1. The predicted molar refractivity (Wildman–Crippen MR) is 81.4 cm³/mol. The fraction of sp³-hybridized carbons (Fsp3) is 0.154. The number of aromatic nitrogens is 1. The van der Waals surface area contributed by atoms with Gasteiger partial charge in [0.1, 0.15) is 5.82 Å². The molecule has 1 aromatic carbocycles. The van der Waals surface area contributed by atoms with E-state index in [-0.39, 0.29) is 4.90 Å². The van der Waals surface area contributed by atoms with Gasteiger partial charge >= 0.3 is 0 Å². The molecule has 1 aliphatic heterocycles. The van der Waals surface area contributed by atoms with Crippen molar-refractivity contribution >= 4 is 37.5 Å². The van der Waals surface area contributed by atoms with Crippen LogP contribution in [0.1, 0.15) is 5.56 Å². The lowest BCUT2D eigenvalue weighted by Crippen LogP contribution is -2.14. The summed E-state index contributed by atoms with van der Waals surface area (Å²) in [6, 6.07) is 8.44. The van der Waals surface area contributed by atoms with Crippen LogP contribution in [0.4, 0.5) is 11.5 Å². The number of hydrogen-bond acceptors (Lipinski definition) is 4.